The highest BCUT2D eigenvalue weighted by molar-refractivity contribution is 7.93. The molecule has 18 heavy (non-hydrogen) atoms. The molecule has 0 fully saturated rings. The lowest BCUT2D eigenvalue weighted by Crippen LogP contribution is -2.23. The fourth-order valence-corrected chi connectivity index (χ4v) is 1.89. The van der Waals surface area contributed by atoms with Crippen LogP contribution in [-0.2, 0) is 10.0 Å². The average Bonchev–Trinajstić information content (AvgIpc) is 2.28. The molecule has 0 saturated heterocycles. The maximum atomic E-state index is 11.7. The van der Waals surface area contributed by atoms with Gasteiger partial charge in [-0.1, -0.05) is 0 Å². The summed E-state index contributed by atoms with van der Waals surface area (Å²) in [6.45, 7) is 3.05. The number of benzene rings is 1. The number of ether oxygens (including phenoxy) is 1. The van der Waals surface area contributed by atoms with E-state index in [-0.39, 0.29) is 17.0 Å². The van der Waals surface area contributed by atoms with Crippen LogP contribution in [0.2, 0.25) is 0 Å². The topological polar surface area (TPSA) is 92.7 Å². The zero-order chi connectivity index (χ0) is 13.9. The minimum Gasteiger partial charge on any atom is -0.495 e. The minimum absolute atomic E-state index is 0.0164. The number of hydrogen-bond acceptors (Lipinski definition) is 4. The number of carbonyl (C=O) groups is 1. The highest BCUT2D eigenvalue weighted by Crippen LogP contribution is 2.27. The number of carboxylic acid groups (broad SMARTS) is 1. The van der Waals surface area contributed by atoms with Crippen LogP contribution in [0.15, 0.2) is 18.2 Å². The molecule has 0 unspecified atom stereocenters. The summed E-state index contributed by atoms with van der Waals surface area (Å²) >= 11 is 0. The Kier molecular flexibility index (Phi) is 4.18. The Balaban J connectivity index is 3.21. The van der Waals surface area contributed by atoms with Gasteiger partial charge < -0.3 is 9.84 Å². The van der Waals surface area contributed by atoms with Crippen molar-refractivity contribution in [2.24, 2.45) is 0 Å². The van der Waals surface area contributed by atoms with Crippen molar-refractivity contribution in [2.45, 2.75) is 19.1 Å². The van der Waals surface area contributed by atoms with Crippen molar-refractivity contribution < 1.29 is 23.1 Å². The third-order valence-corrected chi connectivity index (χ3v) is 4.06. The van der Waals surface area contributed by atoms with Gasteiger partial charge in [0.25, 0.3) is 0 Å². The molecule has 0 saturated carbocycles. The standard InChI is InChI=1S/C11H15NO5S/c1-7(2)18(15,16)12-9-6-8(11(13)14)4-5-10(9)17-3/h4-7,12H,1-3H3,(H,13,14). The SMILES string of the molecule is COc1ccc(C(=O)O)cc1NS(=O)(=O)C(C)C. The van der Waals surface area contributed by atoms with Gasteiger partial charge in [0, 0.05) is 0 Å². The van der Waals surface area contributed by atoms with Gasteiger partial charge in [-0.2, -0.15) is 0 Å². The Morgan fingerprint density at radius 2 is 2.00 bits per heavy atom. The van der Waals surface area contributed by atoms with Crippen molar-refractivity contribution >= 4 is 21.7 Å². The van der Waals surface area contributed by atoms with Gasteiger partial charge >= 0.3 is 5.97 Å². The molecule has 0 heterocycles. The molecule has 1 aromatic carbocycles. The van der Waals surface area contributed by atoms with Crippen molar-refractivity contribution in [3.63, 3.8) is 0 Å². The number of methoxy groups -OCH3 is 1. The fraction of sp³-hybridized carbons (Fsp3) is 0.364. The number of sulfonamides is 1. The first-order valence-corrected chi connectivity index (χ1v) is 6.75. The zero-order valence-corrected chi connectivity index (χ0v) is 11.1. The molecular formula is C11H15NO5S. The van der Waals surface area contributed by atoms with E-state index in [0.717, 1.165) is 0 Å². The third-order valence-electron chi connectivity index (χ3n) is 2.32. The summed E-state index contributed by atoms with van der Waals surface area (Å²) in [5, 5.41) is 8.23. The van der Waals surface area contributed by atoms with E-state index in [1.54, 1.807) is 0 Å². The molecule has 0 spiro atoms. The largest absolute Gasteiger partial charge is 0.495 e. The lowest BCUT2D eigenvalue weighted by molar-refractivity contribution is 0.0697. The molecule has 7 heteroatoms. The molecule has 1 aromatic rings. The summed E-state index contributed by atoms with van der Waals surface area (Å²) in [5.41, 5.74) is 0.100. The molecule has 6 nitrogen and oxygen atoms in total. The van der Waals surface area contributed by atoms with Crippen molar-refractivity contribution in [1.29, 1.82) is 0 Å². The Hall–Kier alpha value is -1.76. The van der Waals surface area contributed by atoms with Crippen LogP contribution in [-0.4, -0.2) is 31.9 Å². The van der Waals surface area contributed by atoms with E-state index < -0.39 is 21.2 Å². The Morgan fingerprint density at radius 1 is 1.39 bits per heavy atom. The van der Waals surface area contributed by atoms with Crippen LogP contribution in [0.1, 0.15) is 24.2 Å². The average molecular weight is 273 g/mol. The predicted octanol–water partition coefficient (Wildman–Crippen LogP) is 1.54. The molecule has 0 amide bonds. The zero-order valence-electron chi connectivity index (χ0n) is 10.3. The summed E-state index contributed by atoms with van der Waals surface area (Å²) in [6, 6.07) is 3.97. The van der Waals surface area contributed by atoms with Gasteiger partial charge in [0.15, 0.2) is 0 Å². The van der Waals surface area contributed by atoms with E-state index >= 15 is 0 Å². The van der Waals surface area contributed by atoms with Gasteiger partial charge in [-0.25, -0.2) is 13.2 Å². The van der Waals surface area contributed by atoms with Crippen LogP contribution in [0.25, 0.3) is 0 Å². The molecule has 0 bridgehead atoms. The molecule has 2 N–H and O–H groups in total. The molecule has 100 valence electrons. The van der Waals surface area contributed by atoms with Crippen LogP contribution in [0.5, 0.6) is 5.75 Å². The molecule has 0 aromatic heterocycles. The number of aromatic carboxylic acids is 1. The van der Waals surface area contributed by atoms with E-state index in [1.807, 2.05) is 0 Å². The Labute approximate surface area is 106 Å². The predicted molar refractivity (Wildman–Crippen MR) is 67.6 cm³/mol. The normalized spacial score (nSPS) is 11.3. The van der Waals surface area contributed by atoms with Gasteiger partial charge in [0.1, 0.15) is 5.75 Å². The molecule has 0 atom stereocenters. The first-order chi connectivity index (χ1) is 8.27. The quantitative estimate of drug-likeness (QED) is 0.849. The summed E-state index contributed by atoms with van der Waals surface area (Å²) in [6.07, 6.45) is 0. The van der Waals surface area contributed by atoms with Crippen molar-refractivity contribution in [2.75, 3.05) is 11.8 Å². The van der Waals surface area contributed by atoms with Gasteiger partial charge in [0.05, 0.1) is 23.6 Å². The van der Waals surface area contributed by atoms with E-state index in [9.17, 15) is 13.2 Å². The van der Waals surface area contributed by atoms with Gasteiger partial charge in [-0.3, -0.25) is 4.72 Å². The molecule has 0 aliphatic heterocycles. The highest BCUT2D eigenvalue weighted by atomic mass is 32.2. The maximum Gasteiger partial charge on any atom is 0.335 e. The number of anilines is 1. The first kappa shape index (κ1) is 14.3. The van der Waals surface area contributed by atoms with Gasteiger partial charge in [-0.15, -0.1) is 0 Å². The first-order valence-electron chi connectivity index (χ1n) is 5.21. The second-order valence-electron chi connectivity index (χ2n) is 3.92. The fourth-order valence-electron chi connectivity index (χ4n) is 1.19. The van der Waals surface area contributed by atoms with Crippen LogP contribution in [0.4, 0.5) is 5.69 Å². The summed E-state index contributed by atoms with van der Waals surface area (Å²) < 4.78 is 30.8. The van der Waals surface area contributed by atoms with E-state index in [2.05, 4.69) is 4.72 Å². The van der Waals surface area contributed by atoms with Crippen molar-refractivity contribution in [3.05, 3.63) is 23.8 Å². The minimum atomic E-state index is -3.55. The van der Waals surface area contributed by atoms with E-state index in [4.69, 9.17) is 9.84 Å². The van der Waals surface area contributed by atoms with Gasteiger partial charge in [-0.05, 0) is 32.0 Å². The number of hydrogen-bond donors (Lipinski definition) is 2. The van der Waals surface area contributed by atoms with Crippen molar-refractivity contribution in [3.8, 4) is 5.75 Å². The maximum absolute atomic E-state index is 11.7. The van der Waals surface area contributed by atoms with Crippen LogP contribution >= 0.6 is 0 Å². The van der Waals surface area contributed by atoms with Gasteiger partial charge in [0.2, 0.25) is 10.0 Å². The lowest BCUT2D eigenvalue weighted by atomic mass is 10.2. The summed E-state index contributed by atoms with van der Waals surface area (Å²) in [5.74, 6) is -0.869. The smallest absolute Gasteiger partial charge is 0.335 e. The van der Waals surface area contributed by atoms with Crippen molar-refractivity contribution in [1.82, 2.24) is 0 Å². The Morgan fingerprint density at radius 3 is 2.44 bits per heavy atom. The molecule has 0 aliphatic carbocycles. The summed E-state index contributed by atoms with van der Waals surface area (Å²) in [7, 11) is -2.17. The van der Waals surface area contributed by atoms with E-state index in [0.29, 0.717) is 0 Å². The Bertz CT molecular complexity index is 551. The molecule has 0 radical (unpaired) electrons. The molecular weight excluding hydrogens is 258 g/mol. The van der Waals surface area contributed by atoms with Crippen LogP contribution in [0, 0.1) is 0 Å². The lowest BCUT2D eigenvalue weighted by Gasteiger charge is -2.14. The number of nitrogens with one attached hydrogen (secondary N) is 1. The highest BCUT2D eigenvalue weighted by Gasteiger charge is 2.18. The third kappa shape index (κ3) is 3.13. The summed E-state index contributed by atoms with van der Waals surface area (Å²) in [4.78, 5) is 10.8. The number of carboxylic acids is 1. The van der Waals surface area contributed by atoms with E-state index in [1.165, 1.54) is 39.2 Å². The molecule has 1 rings (SSSR count). The second-order valence-corrected chi connectivity index (χ2v) is 6.15. The van der Waals surface area contributed by atoms with Crippen LogP contribution in [0.3, 0.4) is 0 Å². The second kappa shape index (κ2) is 5.26. The molecule has 0 aliphatic rings. The monoisotopic (exact) mass is 273 g/mol. The van der Waals surface area contributed by atoms with Crippen LogP contribution < -0.4 is 9.46 Å². The number of rotatable bonds is 5.